The molecule has 2 aromatic carbocycles. The number of carbonyl (C=O) groups is 1. The minimum absolute atomic E-state index is 0.0214. The minimum Gasteiger partial charge on any atom is -0.465 e. The van der Waals surface area contributed by atoms with Gasteiger partial charge in [0.1, 0.15) is 0 Å². The van der Waals surface area contributed by atoms with Crippen LogP contribution in [0.2, 0.25) is 0 Å². The fraction of sp³-hybridized carbons (Fsp3) is 0.312. The lowest BCUT2D eigenvalue weighted by atomic mass is 10.0. The van der Waals surface area contributed by atoms with E-state index in [1.54, 1.807) is 0 Å². The van der Waals surface area contributed by atoms with Crippen LogP contribution in [0.4, 0.5) is 10.5 Å². The van der Waals surface area contributed by atoms with E-state index in [1.807, 2.05) is 36.4 Å². The SMILES string of the molecule is O=C(O)N1CCN(c2ccc(CO)c3ccccc23)CC1. The van der Waals surface area contributed by atoms with Crippen molar-refractivity contribution in [1.29, 1.82) is 0 Å². The van der Waals surface area contributed by atoms with E-state index in [-0.39, 0.29) is 6.61 Å². The van der Waals surface area contributed by atoms with E-state index in [0.29, 0.717) is 26.2 Å². The van der Waals surface area contributed by atoms with Crippen molar-refractivity contribution in [3.63, 3.8) is 0 Å². The zero-order valence-electron chi connectivity index (χ0n) is 11.7. The Morgan fingerprint density at radius 1 is 1.00 bits per heavy atom. The first-order chi connectivity index (χ1) is 10.2. The molecule has 0 unspecified atom stereocenters. The summed E-state index contributed by atoms with van der Waals surface area (Å²) in [5.74, 6) is 0. The van der Waals surface area contributed by atoms with E-state index in [2.05, 4.69) is 4.90 Å². The lowest BCUT2D eigenvalue weighted by Crippen LogP contribution is -2.48. The predicted octanol–water partition coefficient (Wildman–Crippen LogP) is 2.13. The lowest BCUT2D eigenvalue weighted by molar-refractivity contribution is 0.142. The van der Waals surface area contributed by atoms with Crippen molar-refractivity contribution >= 4 is 22.6 Å². The van der Waals surface area contributed by atoms with Gasteiger partial charge < -0.3 is 20.0 Å². The number of hydrogen-bond acceptors (Lipinski definition) is 3. The Hall–Kier alpha value is -2.27. The first-order valence-corrected chi connectivity index (χ1v) is 7.05. The van der Waals surface area contributed by atoms with Crippen LogP contribution in [0.5, 0.6) is 0 Å². The maximum atomic E-state index is 11.0. The van der Waals surface area contributed by atoms with Crippen LogP contribution in [0.3, 0.4) is 0 Å². The van der Waals surface area contributed by atoms with Crippen molar-refractivity contribution in [3.05, 3.63) is 42.0 Å². The number of anilines is 1. The molecule has 1 aliphatic heterocycles. The molecule has 0 atom stereocenters. The summed E-state index contributed by atoms with van der Waals surface area (Å²) in [7, 11) is 0. The van der Waals surface area contributed by atoms with Gasteiger partial charge in [0.15, 0.2) is 0 Å². The number of rotatable bonds is 2. The van der Waals surface area contributed by atoms with Crippen molar-refractivity contribution in [2.75, 3.05) is 31.1 Å². The van der Waals surface area contributed by atoms with Gasteiger partial charge in [-0.25, -0.2) is 4.79 Å². The Kier molecular flexibility index (Phi) is 3.66. The molecule has 1 aliphatic rings. The molecule has 0 radical (unpaired) electrons. The molecule has 1 amide bonds. The molecule has 1 saturated heterocycles. The summed E-state index contributed by atoms with van der Waals surface area (Å²) >= 11 is 0. The van der Waals surface area contributed by atoms with Gasteiger partial charge in [-0.05, 0) is 17.0 Å². The van der Waals surface area contributed by atoms with E-state index in [4.69, 9.17) is 5.11 Å². The summed E-state index contributed by atoms with van der Waals surface area (Å²) in [6.07, 6.45) is -0.852. The van der Waals surface area contributed by atoms with Crippen molar-refractivity contribution < 1.29 is 15.0 Å². The average Bonchev–Trinajstić information content (AvgIpc) is 2.54. The molecular weight excluding hydrogens is 268 g/mol. The molecule has 0 bridgehead atoms. The van der Waals surface area contributed by atoms with Crippen LogP contribution in [0, 0.1) is 0 Å². The Balaban J connectivity index is 1.93. The third-order valence-corrected chi connectivity index (χ3v) is 4.05. The first-order valence-electron chi connectivity index (χ1n) is 7.05. The molecule has 5 heteroatoms. The molecule has 5 nitrogen and oxygen atoms in total. The molecule has 3 rings (SSSR count). The monoisotopic (exact) mass is 286 g/mol. The van der Waals surface area contributed by atoms with E-state index < -0.39 is 6.09 Å². The molecule has 110 valence electrons. The second-order valence-electron chi connectivity index (χ2n) is 5.20. The van der Waals surface area contributed by atoms with E-state index in [9.17, 15) is 9.90 Å². The number of amides is 1. The van der Waals surface area contributed by atoms with Gasteiger partial charge in [0.05, 0.1) is 6.61 Å². The number of fused-ring (bicyclic) bond motifs is 1. The van der Waals surface area contributed by atoms with Crippen molar-refractivity contribution in [2.45, 2.75) is 6.61 Å². The fourth-order valence-electron chi connectivity index (χ4n) is 2.90. The standard InChI is InChI=1S/C16H18N2O3/c19-11-12-5-6-15(14-4-2-1-3-13(12)14)17-7-9-18(10-8-17)16(20)21/h1-6,19H,7-11H2,(H,20,21). The largest absolute Gasteiger partial charge is 0.465 e. The van der Waals surface area contributed by atoms with E-state index in [1.165, 1.54) is 4.90 Å². The van der Waals surface area contributed by atoms with Crippen LogP contribution in [-0.4, -0.2) is 47.4 Å². The zero-order chi connectivity index (χ0) is 14.8. The van der Waals surface area contributed by atoms with Gasteiger partial charge in [-0.2, -0.15) is 0 Å². The zero-order valence-corrected chi connectivity index (χ0v) is 11.7. The molecule has 0 aliphatic carbocycles. The van der Waals surface area contributed by atoms with Crippen LogP contribution < -0.4 is 4.90 Å². The van der Waals surface area contributed by atoms with E-state index in [0.717, 1.165) is 22.0 Å². The maximum Gasteiger partial charge on any atom is 0.407 e. The lowest BCUT2D eigenvalue weighted by Gasteiger charge is -2.35. The molecule has 0 saturated carbocycles. The summed E-state index contributed by atoms with van der Waals surface area (Å²) < 4.78 is 0. The molecule has 0 aromatic heterocycles. The second-order valence-corrected chi connectivity index (χ2v) is 5.20. The van der Waals surface area contributed by atoms with Crippen LogP contribution in [0.1, 0.15) is 5.56 Å². The van der Waals surface area contributed by atoms with Gasteiger partial charge in [0.2, 0.25) is 0 Å². The van der Waals surface area contributed by atoms with Crippen LogP contribution in [0.15, 0.2) is 36.4 Å². The highest BCUT2D eigenvalue weighted by molar-refractivity contribution is 5.96. The Morgan fingerprint density at radius 2 is 1.67 bits per heavy atom. The summed E-state index contributed by atoms with van der Waals surface area (Å²) in [5.41, 5.74) is 2.02. The summed E-state index contributed by atoms with van der Waals surface area (Å²) in [6.45, 7) is 2.44. The number of nitrogens with zero attached hydrogens (tertiary/aromatic N) is 2. The number of hydrogen-bond donors (Lipinski definition) is 2. The van der Waals surface area contributed by atoms with Gasteiger partial charge in [0.25, 0.3) is 0 Å². The minimum atomic E-state index is -0.852. The predicted molar refractivity (Wildman–Crippen MR) is 81.7 cm³/mol. The third kappa shape index (κ3) is 2.52. The van der Waals surface area contributed by atoms with E-state index >= 15 is 0 Å². The second kappa shape index (κ2) is 5.61. The molecule has 0 spiro atoms. The normalized spacial score (nSPS) is 15.5. The Bertz CT molecular complexity index is 664. The van der Waals surface area contributed by atoms with Gasteiger partial charge in [-0.3, -0.25) is 0 Å². The Morgan fingerprint density at radius 3 is 2.29 bits per heavy atom. The van der Waals surface area contributed by atoms with Crippen molar-refractivity contribution in [2.24, 2.45) is 0 Å². The number of carboxylic acid groups (broad SMARTS) is 1. The van der Waals surface area contributed by atoms with Crippen LogP contribution >= 0.6 is 0 Å². The summed E-state index contributed by atoms with van der Waals surface area (Å²) in [6, 6.07) is 12.0. The number of piperazine rings is 1. The molecule has 2 aromatic rings. The quantitative estimate of drug-likeness (QED) is 0.887. The molecular formula is C16H18N2O3. The Labute approximate surface area is 123 Å². The highest BCUT2D eigenvalue weighted by Crippen LogP contribution is 2.30. The van der Waals surface area contributed by atoms with Gasteiger partial charge >= 0.3 is 6.09 Å². The third-order valence-electron chi connectivity index (χ3n) is 4.05. The first kappa shape index (κ1) is 13.7. The van der Waals surface area contributed by atoms with Crippen LogP contribution in [-0.2, 0) is 6.61 Å². The smallest absolute Gasteiger partial charge is 0.407 e. The highest BCUT2D eigenvalue weighted by atomic mass is 16.4. The summed E-state index contributed by atoms with van der Waals surface area (Å²) in [4.78, 5) is 14.6. The number of benzene rings is 2. The van der Waals surface area contributed by atoms with Gasteiger partial charge in [-0.15, -0.1) is 0 Å². The molecule has 2 N–H and O–H groups in total. The number of aliphatic hydroxyl groups excluding tert-OH is 1. The highest BCUT2D eigenvalue weighted by Gasteiger charge is 2.21. The topological polar surface area (TPSA) is 64.0 Å². The molecule has 1 fully saturated rings. The van der Waals surface area contributed by atoms with Crippen LogP contribution in [0.25, 0.3) is 10.8 Å². The average molecular weight is 286 g/mol. The van der Waals surface area contributed by atoms with Crippen molar-refractivity contribution in [3.8, 4) is 0 Å². The summed E-state index contributed by atoms with van der Waals surface area (Å²) in [5, 5.41) is 20.6. The maximum absolute atomic E-state index is 11.0. The fourth-order valence-corrected chi connectivity index (χ4v) is 2.90. The molecule has 21 heavy (non-hydrogen) atoms. The van der Waals surface area contributed by atoms with Crippen molar-refractivity contribution in [1.82, 2.24) is 4.90 Å². The number of aliphatic hydroxyl groups is 1. The van der Waals surface area contributed by atoms with Gasteiger partial charge in [-0.1, -0.05) is 30.3 Å². The molecule has 1 heterocycles. The van der Waals surface area contributed by atoms with Gasteiger partial charge in [0, 0.05) is 37.3 Å².